The van der Waals surface area contributed by atoms with E-state index in [2.05, 4.69) is 9.71 Å². The summed E-state index contributed by atoms with van der Waals surface area (Å²) in [7, 11) is -3.86. The molecule has 0 radical (unpaired) electrons. The van der Waals surface area contributed by atoms with Gasteiger partial charge >= 0.3 is 5.76 Å². The first kappa shape index (κ1) is 13.9. The average molecular weight is 315 g/mol. The van der Waals surface area contributed by atoms with Crippen LogP contribution in [0.15, 0.2) is 56.6 Å². The topological polar surface area (TPSA) is 116 Å². The van der Waals surface area contributed by atoms with Gasteiger partial charge < -0.3 is 4.42 Å². The summed E-state index contributed by atoms with van der Waals surface area (Å²) in [6.45, 7) is 0. The molecule has 1 aromatic heterocycles. The lowest BCUT2D eigenvalue weighted by Crippen LogP contribution is -2.12. The van der Waals surface area contributed by atoms with Gasteiger partial charge in [-0.15, -0.1) is 0 Å². The third-order valence-corrected chi connectivity index (χ3v) is 4.33. The Bertz CT molecular complexity index is 1060. The van der Waals surface area contributed by atoms with Crippen molar-refractivity contribution in [2.45, 2.75) is 4.90 Å². The monoisotopic (exact) mass is 315 g/mol. The summed E-state index contributed by atoms with van der Waals surface area (Å²) in [6, 6.07) is 12.1. The van der Waals surface area contributed by atoms with Gasteiger partial charge in [0.2, 0.25) is 0 Å². The fourth-order valence-corrected chi connectivity index (χ4v) is 3.02. The average Bonchev–Trinajstić information content (AvgIpc) is 2.86. The van der Waals surface area contributed by atoms with Gasteiger partial charge in [-0.05, 0) is 30.3 Å². The molecular weight excluding hydrogens is 306 g/mol. The molecule has 0 spiro atoms. The number of benzene rings is 2. The largest absolute Gasteiger partial charge is 0.417 e. The summed E-state index contributed by atoms with van der Waals surface area (Å²) in [5.74, 6) is -0.653. The van der Waals surface area contributed by atoms with Gasteiger partial charge in [-0.2, -0.15) is 5.26 Å². The second-order valence-corrected chi connectivity index (χ2v) is 6.15. The fourth-order valence-electron chi connectivity index (χ4n) is 1.96. The number of rotatable bonds is 3. The Morgan fingerprint density at radius 3 is 2.77 bits per heavy atom. The van der Waals surface area contributed by atoms with E-state index in [-0.39, 0.29) is 16.2 Å². The van der Waals surface area contributed by atoms with Gasteiger partial charge in [0.15, 0.2) is 5.58 Å². The molecule has 0 aliphatic carbocycles. The molecule has 1 heterocycles. The molecule has 0 bridgehead atoms. The Balaban J connectivity index is 2.00. The number of oxazole rings is 1. The maximum atomic E-state index is 12.3. The van der Waals surface area contributed by atoms with E-state index in [0.29, 0.717) is 11.1 Å². The van der Waals surface area contributed by atoms with Crippen LogP contribution in [0.3, 0.4) is 0 Å². The number of anilines is 1. The van der Waals surface area contributed by atoms with Gasteiger partial charge in [0, 0.05) is 6.07 Å². The molecule has 2 N–H and O–H groups in total. The summed E-state index contributed by atoms with van der Waals surface area (Å²) >= 11 is 0. The maximum absolute atomic E-state index is 12.3. The minimum Gasteiger partial charge on any atom is -0.408 e. The van der Waals surface area contributed by atoms with E-state index >= 15 is 0 Å². The van der Waals surface area contributed by atoms with Crippen molar-refractivity contribution in [1.82, 2.24) is 4.98 Å². The number of fused-ring (bicyclic) bond motifs is 1. The van der Waals surface area contributed by atoms with E-state index in [1.54, 1.807) is 12.1 Å². The number of aromatic nitrogens is 1. The summed E-state index contributed by atoms with van der Waals surface area (Å²) in [5, 5.41) is 8.83. The molecule has 3 rings (SSSR count). The van der Waals surface area contributed by atoms with Crippen LogP contribution in [-0.4, -0.2) is 13.4 Å². The molecule has 0 amide bonds. The van der Waals surface area contributed by atoms with Crippen molar-refractivity contribution in [2.24, 2.45) is 0 Å². The van der Waals surface area contributed by atoms with Crippen LogP contribution in [0.5, 0.6) is 0 Å². The zero-order valence-corrected chi connectivity index (χ0v) is 11.8. The highest BCUT2D eigenvalue weighted by Gasteiger charge is 2.16. The standard InChI is InChI=1S/C14H9N3O4S/c15-8-9-2-1-3-10(6-9)17-22(19,20)11-4-5-12-13(7-11)21-14(18)16-12/h1-7,17H,(H,16,18). The molecule has 3 aromatic rings. The lowest BCUT2D eigenvalue weighted by Gasteiger charge is -2.08. The predicted molar refractivity (Wildman–Crippen MR) is 78.8 cm³/mol. The van der Waals surface area contributed by atoms with Gasteiger partial charge in [-0.3, -0.25) is 9.71 Å². The first-order valence-electron chi connectivity index (χ1n) is 6.14. The van der Waals surface area contributed by atoms with E-state index in [1.807, 2.05) is 6.07 Å². The highest BCUT2D eigenvalue weighted by Crippen LogP contribution is 2.20. The molecule has 2 aromatic carbocycles. The summed E-state index contributed by atoms with van der Waals surface area (Å²) in [6.07, 6.45) is 0. The molecule has 0 unspecified atom stereocenters. The van der Waals surface area contributed by atoms with Crippen LogP contribution < -0.4 is 10.5 Å². The van der Waals surface area contributed by atoms with Crippen LogP contribution in [0.25, 0.3) is 11.1 Å². The molecule has 0 aliphatic rings. The molecule has 0 saturated carbocycles. The maximum Gasteiger partial charge on any atom is 0.417 e. The minimum absolute atomic E-state index is 0.0508. The third-order valence-electron chi connectivity index (χ3n) is 2.95. The number of hydrogen-bond acceptors (Lipinski definition) is 5. The molecule has 0 aliphatic heterocycles. The van der Waals surface area contributed by atoms with E-state index in [4.69, 9.17) is 9.68 Å². The summed E-state index contributed by atoms with van der Waals surface area (Å²) in [5.41, 5.74) is 1.18. The molecular formula is C14H9N3O4S. The third kappa shape index (κ3) is 2.57. The SMILES string of the molecule is N#Cc1cccc(NS(=O)(=O)c2ccc3[nH]c(=O)oc3c2)c1. The van der Waals surface area contributed by atoms with E-state index in [0.717, 1.165) is 0 Å². The lowest BCUT2D eigenvalue weighted by molar-refractivity contribution is 0.554. The quantitative estimate of drug-likeness (QED) is 0.764. The Labute approximate surface area is 124 Å². The van der Waals surface area contributed by atoms with Crippen molar-refractivity contribution in [3.05, 3.63) is 58.6 Å². The molecule has 0 saturated heterocycles. The second-order valence-electron chi connectivity index (χ2n) is 4.47. The lowest BCUT2D eigenvalue weighted by atomic mass is 10.2. The number of aromatic amines is 1. The molecule has 22 heavy (non-hydrogen) atoms. The molecule has 0 fully saturated rings. The highest BCUT2D eigenvalue weighted by atomic mass is 32.2. The number of H-pyrrole nitrogens is 1. The molecule has 7 nitrogen and oxygen atoms in total. The smallest absolute Gasteiger partial charge is 0.408 e. The Morgan fingerprint density at radius 2 is 2.00 bits per heavy atom. The van der Waals surface area contributed by atoms with E-state index < -0.39 is 15.8 Å². The number of nitrogens with one attached hydrogen (secondary N) is 2. The summed E-state index contributed by atoms with van der Waals surface area (Å²) in [4.78, 5) is 13.5. The van der Waals surface area contributed by atoms with Gasteiger partial charge in [-0.1, -0.05) is 6.07 Å². The van der Waals surface area contributed by atoms with Crippen molar-refractivity contribution in [1.29, 1.82) is 5.26 Å². The summed E-state index contributed by atoms with van der Waals surface area (Å²) < 4.78 is 31.9. The van der Waals surface area contributed by atoms with Gasteiger partial charge in [0.25, 0.3) is 10.0 Å². The molecule has 0 atom stereocenters. The normalized spacial score (nSPS) is 11.2. The Morgan fingerprint density at radius 1 is 1.18 bits per heavy atom. The molecule has 110 valence electrons. The van der Waals surface area contributed by atoms with Crippen molar-refractivity contribution in [3.63, 3.8) is 0 Å². The zero-order chi connectivity index (χ0) is 15.7. The number of hydrogen-bond donors (Lipinski definition) is 2. The van der Waals surface area contributed by atoms with Gasteiger partial charge in [-0.25, -0.2) is 13.2 Å². The van der Waals surface area contributed by atoms with Crippen LogP contribution in [0.4, 0.5) is 5.69 Å². The first-order chi connectivity index (χ1) is 10.5. The van der Waals surface area contributed by atoms with Gasteiger partial charge in [0.1, 0.15) is 0 Å². The van der Waals surface area contributed by atoms with Crippen molar-refractivity contribution in [2.75, 3.05) is 4.72 Å². The van der Waals surface area contributed by atoms with Crippen LogP contribution in [0, 0.1) is 11.3 Å². The van der Waals surface area contributed by atoms with Crippen molar-refractivity contribution < 1.29 is 12.8 Å². The fraction of sp³-hybridized carbons (Fsp3) is 0. The van der Waals surface area contributed by atoms with Crippen molar-refractivity contribution in [3.8, 4) is 6.07 Å². The molecule has 8 heteroatoms. The predicted octanol–water partition coefficient (Wildman–Crippen LogP) is 1.79. The Kier molecular flexibility index (Phi) is 3.19. The first-order valence-corrected chi connectivity index (χ1v) is 7.62. The van der Waals surface area contributed by atoms with Crippen LogP contribution >= 0.6 is 0 Å². The highest BCUT2D eigenvalue weighted by molar-refractivity contribution is 7.92. The van der Waals surface area contributed by atoms with E-state index in [1.165, 1.54) is 30.3 Å². The van der Waals surface area contributed by atoms with Gasteiger partial charge in [0.05, 0.1) is 27.7 Å². The number of nitrogens with zero attached hydrogens (tertiary/aromatic N) is 1. The number of sulfonamides is 1. The number of nitriles is 1. The second kappa shape index (κ2) is 5.05. The van der Waals surface area contributed by atoms with Crippen LogP contribution in [0.2, 0.25) is 0 Å². The van der Waals surface area contributed by atoms with Crippen LogP contribution in [0.1, 0.15) is 5.56 Å². The minimum atomic E-state index is -3.86. The Hall–Kier alpha value is -3.05. The van der Waals surface area contributed by atoms with Crippen LogP contribution in [-0.2, 0) is 10.0 Å². The van der Waals surface area contributed by atoms with E-state index in [9.17, 15) is 13.2 Å². The van der Waals surface area contributed by atoms with Crippen molar-refractivity contribution >= 4 is 26.8 Å². The zero-order valence-electron chi connectivity index (χ0n) is 11.0.